The Labute approximate surface area is 70.2 Å². The minimum absolute atomic E-state index is 0.0482. The summed E-state index contributed by atoms with van der Waals surface area (Å²) in [4.78, 5) is 10.3. The lowest BCUT2D eigenvalue weighted by molar-refractivity contribution is 0.477. The highest BCUT2D eigenvalue weighted by atomic mass is 16.3. The summed E-state index contributed by atoms with van der Waals surface area (Å²) in [6.45, 7) is 1.79. The second kappa shape index (κ2) is 3.21. The molecule has 0 unspecified atom stereocenters. The number of nitrogens with one attached hydrogen (secondary N) is 1. The maximum absolute atomic E-state index is 10.3. The number of hydrogen-bond acceptors (Lipinski definition) is 4. The molecule has 0 heterocycles. The quantitative estimate of drug-likeness (QED) is 0.522. The standard InChI is InChI=1S/C8H10N2O2/c1-5-3-6(10-12)8(9-2)7(11)4-5/h3-4,9,11H,1-2H3. The summed E-state index contributed by atoms with van der Waals surface area (Å²) in [5.74, 6) is 0.0482. The lowest BCUT2D eigenvalue weighted by Crippen LogP contribution is -1.89. The number of aromatic hydroxyl groups is 1. The predicted octanol–water partition coefficient (Wildman–Crippen LogP) is 2.14. The molecule has 0 aliphatic rings. The molecule has 4 heteroatoms. The number of benzene rings is 1. The second-order valence-electron chi connectivity index (χ2n) is 2.52. The van der Waals surface area contributed by atoms with Gasteiger partial charge >= 0.3 is 0 Å². The molecule has 0 aliphatic carbocycles. The zero-order chi connectivity index (χ0) is 9.14. The van der Waals surface area contributed by atoms with Crippen LogP contribution in [0.3, 0.4) is 0 Å². The van der Waals surface area contributed by atoms with Crippen LogP contribution in [0.2, 0.25) is 0 Å². The van der Waals surface area contributed by atoms with Gasteiger partial charge in [0.05, 0.1) is 0 Å². The minimum Gasteiger partial charge on any atom is -0.506 e. The van der Waals surface area contributed by atoms with Gasteiger partial charge in [-0.2, -0.15) is 0 Å². The van der Waals surface area contributed by atoms with Crippen LogP contribution in [-0.4, -0.2) is 12.2 Å². The molecule has 0 saturated carbocycles. The third kappa shape index (κ3) is 1.37. The van der Waals surface area contributed by atoms with Gasteiger partial charge in [-0.1, -0.05) is 0 Å². The van der Waals surface area contributed by atoms with Crippen LogP contribution in [0.25, 0.3) is 0 Å². The van der Waals surface area contributed by atoms with Crippen molar-refractivity contribution in [2.45, 2.75) is 6.92 Å². The average molecular weight is 166 g/mol. The molecule has 1 rings (SSSR count). The fraction of sp³-hybridized carbons (Fsp3) is 0.250. The van der Waals surface area contributed by atoms with Crippen molar-refractivity contribution in [2.75, 3.05) is 12.4 Å². The third-order valence-electron chi connectivity index (χ3n) is 1.59. The molecule has 0 radical (unpaired) electrons. The van der Waals surface area contributed by atoms with Crippen molar-refractivity contribution >= 4 is 11.4 Å². The van der Waals surface area contributed by atoms with Gasteiger partial charge in [0, 0.05) is 7.05 Å². The van der Waals surface area contributed by atoms with Crippen molar-refractivity contribution in [1.82, 2.24) is 0 Å². The van der Waals surface area contributed by atoms with E-state index >= 15 is 0 Å². The molecule has 0 amide bonds. The number of phenolic OH excluding ortho intramolecular Hbond substituents is 1. The summed E-state index contributed by atoms with van der Waals surface area (Å²) in [5.41, 5.74) is 1.41. The topological polar surface area (TPSA) is 61.7 Å². The summed E-state index contributed by atoms with van der Waals surface area (Å²) in [6.07, 6.45) is 0. The van der Waals surface area contributed by atoms with Crippen LogP contribution in [0, 0.1) is 11.8 Å². The van der Waals surface area contributed by atoms with E-state index in [0.29, 0.717) is 5.69 Å². The molecule has 4 nitrogen and oxygen atoms in total. The van der Waals surface area contributed by atoms with Gasteiger partial charge in [0.2, 0.25) is 0 Å². The molecular formula is C8H10N2O2. The molecule has 0 aromatic heterocycles. The zero-order valence-corrected chi connectivity index (χ0v) is 6.96. The molecule has 0 spiro atoms. The summed E-state index contributed by atoms with van der Waals surface area (Å²) in [6, 6.07) is 3.18. The van der Waals surface area contributed by atoms with Crippen molar-refractivity contribution in [2.24, 2.45) is 5.18 Å². The smallest absolute Gasteiger partial charge is 0.141 e. The Morgan fingerprint density at radius 3 is 2.67 bits per heavy atom. The molecule has 12 heavy (non-hydrogen) atoms. The van der Waals surface area contributed by atoms with E-state index in [0.717, 1.165) is 5.56 Å². The maximum Gasteiger partial charge on any atom is 0.141 e. The van der Waals surface area contributed by atoms with Gasteiger partial charge < -0.3 is 10.4 Å². The van der Waals surface area contributed by atoms with Crippen LogP contribution in [0.1, 0.15) is 5.56 Å². The first-order valence-corrected chi connectivity index (χ1v) is 3.53. The molecule has 0 fully saturated rings. The van der Waals surface area contributed by atoms with Gasteiger partial charge in [-0.15, -0.1) is 4.91 Å². The van der Waals surface area contributed by atoms with Gasteiger partial charge in [-0.25, -0.2) is 0 Å². The van der Waals surface area contributed by atoms with E-state index in [9.17, 15) is 10.0 Å². The minimum atomic E-state index is 0.0482. The maximum atomic E-state index is 10.3. The first kappa shape index (κ1) is 8.52. The van der Waals surface area contributed by atoms with Crippen LogP contribution in [0.5, 0.6) is 5.75 Å². The molecule has 64 valence electrons. The number of nitroso groups, excluding NO2 is 1. The normalized spacial score (nSPS) is 9.50. The number of phenols is 1. The molecule has 0 bridgehead atoms. The van der Waals surface area contributed by atoms with Crippen LogP contribution >= 0.6 is 0 Å². The molecule has 1 aromatic rings. The predicted molar refractivity (Wildman–Crippen MR) is 47.8 cm³/mol. The van der Waals surface area contributed by atoms with Crippen molar-refractivity contribution in [3.63, 3.8) is 0 Å². The highest BCUT2D eigenvalue weighted by Crippen LogP contribution is 2.34. The van der Waals surface area contributed by atoms with Gasteiger partial charge in [0.15, 0.2) is 0 Å². The Morgan fingerprint density at radius 2 is 2.17 bits per heavy atom. The number of nitrogens with zero attached hydrogens (tertiary/aromatic N) is 1. The van der Waals surface area contributed by atoms with Gasteiger partial charge in [-0.05, 0) is 29.8 Å². The SMILES string of the molecule is CNc1c(O)cc(C)cc1N=O. The fourth-order valence-corrected chi connectivity index (χ4v) is 1.08. The molecule has 1 aromatic carbocycles. The average Bonchev–Trinajstić information content (AvgIpc) is 2.03. The van der Waals surface area contributed by atoms with Gasteiger partial charge in [-0.3, -0.25) is 0 Å². The Kier molecular flexibility index (Phi) is 2.28. The van der Waals surface area contributed by atoms with E-state index in [1.165, 1.54) is 0 Å². The Balaban J connectivity index is 3.33. The molecule has 0 atom stereocenters. The molecular weight excluding hydrogens is 156 g/mol. The van der Waals surface area contributed by atoms with Crippen LogP contribution < -0.4 is 5.32 Å². The van der Waals surface area contributed by atoms with E-state index in [2.05, 4.69) is 10.5 Å². The van der Waals surface area contributed by atoms with Crippen LogP contribution in [-0.2, 0) is 0 Å². The van der Waals surface area contributed by atoms with Gasteiger partial charge in [0.25, 0.3) is 0 Å². The van der Waals surface area contributed by atoms with E-state index in [-0.39, 0.29) is 11.4 Å². The van der Waals surface area contributed by atoms with E-state index in [1.54, 1.807) is 26.1 Å². The summed E-state index contributed by atoms with van der Waals surface area (Å²) >= 11 is 0. The van der Waals surface area contributed by atoms with Crippen molar-refractivity contribution in [1.29, 1.82) is 0 Å². The molecule has 2 N–H and O–H groups in total. The Bertz CT molecular complexity index is 310. The highest BCUT2D eigenvalue weighted by Gasteiger charge is 2.07. The van der Waals surface area contributed by atoms with E-state index in [1.807, 2.05) is 0 Å². The number of aryl methyl sites for hydroxylation is 1. The van der Waals surface area contributed by atoms with Crippen LogP contribution in [0.4, 0.5) is 11.4 Å². The first-order chi connectivity index (χ1) is 5.69. The largest absolute Gasteiger partial charge is 0.506 e. The lowest BCUT2D eigenvalue weighted by atomic mass is 10.2. The Morgan fingerprint density at radius 1 is 1.50 bits per heavy atom. The number of anilines is 1. The Hall–Kier alpha value is -1.58. The van der Waals surface area contributed by atoms with Gasteiger partial charge in [0.1, 0.15) is 17.1 Å². The molecule has 0 saturated heterocycles. The second-order valence-corrected chi connectivity index (χ2v) is 2.52. The lowest BCUT2D eigenvalue weighted by Gasteiger charge is -2.05. The summed E-state index contributed by atoms with van der Waals surface area (Å²) in [7, 11) is 1.62. The van der Waals surface area contributed by atoms with Crippen molar-refractivity contribution in [3.05, 3.63) is 22.6 Å². The van der Waals surface area contributed by atoms with Crippen molar-refractivity contribution < 1.29 is 5.11 Å². The van der Waals surface area contributed by atoms with Crippen molar-refractivity contribution in [3.8, 4) is 5.75 Å². The van der Waals surface area contributed by atoms with E-state index < -0.39 is 0 Å². The number of hydrogen-bond donors (Lipinski definition) is 2. The summed E-state index contributed by atoms with van der Waals surface area (Å²) in [5, 5.41) is 14.8. The monoisotopic (exact) mass is 166 g/mol. The fourth-order valence-electron chi connectivity index (χ4n) is 1.08. The highest BCUT2D eigenvalue weighted by molar-refractivity contribution is 5.73. The number of rotatable bonds is 2. The zero-order valence-electron chi connectivity index (χ0n) is 6.96. The van der Waals surface area contributed by atoms with Crippen LogP contribution in [0.15, 0.2) is 17.3 Å². The third-order valence-corrected chi connectivity index (χ3v) is 1.59. The first-order valence-electron chi connectivity index (χ1n) is 3.53. The van der Waals surface area contributed by atoms with E-state index in [4.69, 9.17) is 0 Å². The summed E-state index contributed by atoms with van der Waals surface area (Å²) < 4.78 is 0. The molecule has 0 aliphatic heterocycles.